The number of rotatable bonds is 5. The minimum atomic E-state index is 0.0437. The van der Waals surface area contributed by atoms with Gasteiger partial charge in [0.15, 0.2) is 0 Å². The molecule has 0 aliphatic rings. The average molecular weight is 223 g/mol. The second-order valence-corrected chi connectivity index (χ2v) is 3.25. The summed E-state index contributed by atoms with van der Waals surface area (Å²) >= 11 is 0. The molecule has 0 bridgehead atoms. The quantitative estimate of drug-likeness (QED) is 0.752. The van der Waals surface area contributed by atoms with Crippen molar-refractivity contribution in [3.05, 3.63) is 12.4 Å². The van der Waals surface area contributed by atoms with E-state index >= 15 is 0 Å². The summed E-state index contributed by atoms with van der Waals surface area (Å²) in [4.78, 5) is 21.1. The summed E-state index contributed by atoms with van der Waals surface area (Å²) in [7, 11) is 0. The number of hydrogen-bond donors (Lipinski definition) is 2. The number of amides is 1. The van der Waals surface area contributed by atoms with Gasteiger partial charge in [0.25, 0.3) is 0 Å². The van der Waals surface area contributed by atoms with E-state index in [0.717, 1.165) is 0 Å². The molecule has 0 atom stereocenters. The minimum absolute atomic E-state index is 0.0437. The van der Waals surface area contributed by atoms with Crippen LogP contribution in [-0.4, -0.2) is 40.4 Å². The van der Waals surface area contributed by atoms with Crippen LogP contribution in [0.4, 0.5) is 11.6 Å². The van der Waals surface area contributed by atoms with Crippen LogP contribution in [0, 0.1) is 0 Å². The van der Waals surface area contributed by atoms with Crippen molar-refractivity contribution in [3.63, 3.8) is 0 Å². The van der Waals surface area contributed by atoms with E-state index in [1.54, 1.807) is 11.0 Å². The Morgan fingerprint density at radius 2 is 2.12 bits per heavy atom. The number of aromatic nitrogens is 2. The Labute approximate surface area is 94.9 Å². The van der Waals surface area contributed by atoms with Crippen molar-refractivity contribution >= 4 is 17.5 Å². The molecule has 1 rings (SSSR count). The number of nitrogen functional groups attached to an aromatic ring is 1. The van der Waals surface area contributed by atoms with Gasteiger partial charge in [0.05, 0.1) is 6.54 Å². The first-order valence-corrected chi connectivity index (χ1v) is 5.26. The van der Waals surface area contributed by atoms with Crippen molar-refractivity contribution in [1.29, 1.82) is 0 Å². The van der Waals surface area contributed by atoms with Gasteiger partial charge < -0.3 is 16.0 Å². The van der Waals surface area contributed by atoms with Crippen LogP contribution in [0.15, 0.2) is 12.4 Å². The number of carbonyl (C=O) groups excluding carboxylic acids is 1. The lowest BCUT2D eigenvalue weighted by Gasteiger charge is -2.18. The zero-order valence-corrected chi connectivity index (χ0v) is 9.60. The molecule has 3 N–H and O–H groups in total. The molecule has 88 valence electrons. The van der Waals surface area contributed by atoms with E-state index < -0.39 is 0 Å². The van der Waals surface area contributed by atoms with Gasteiger partial charge in [0.1, 0.15) is 18.0 Å². The molecule has 0 saturated carbocycles. The lowest BCUT2D eigenvalue weighted by atomic mass is 10.4. The van der Waals surface area contributed by atoms with Crippen LogP contribution in [0.3, 0.4) is 0 Å². The normalized spacial score (nSPS) is 9.88. The summed E-state index contributed by atoms with van der Waals surface area (Å²) in [6.07, 6.45) is 1.36. The summed E-state index contributed by atoms with van der Waals surface area (Å²) in [5.74, 6) is 0.989. The topological polar surface area (TPSA) is 84.1 Å². The van der Waals surface area contributed by atoms with E-state index in [1.807, 2.05) is 13.8 Å². The van der Waals surface area contributed by atoms with Crippen LogP contribution in [0.25, 0.3) is 0 Å². The molecule has 1 aromatic rings. The second-order valence-electron chi connectivity index (χ2n) is 3.25. The summed E-state index contributed by atoms with van der Waals surface area (Å²) in [6, 6.07) is 1.59. The van der Waals surface area contributed by atoms with Crippen molar-refractivity contribution in [2.45, 2.75) is 13.8 Å². The number of anilines is 2. The zero-order valence-electron chi connectivity index (χ0n) is 9.60. The average Bonchev–Trinajstić information content (AvgIpc) is 2.28. The Hall–Kier alpha value is -1.85. The van der Waals surface area contributed by atoms with E-state index in [0.29, 0.717) is 24.7 Å². The van der Waals surface area contributed by atoms with E-state index in [1.165, 1.54) is 6.33 Å². The number of nitrogens with two attached hydrogens (primary N) is 1. The van der Waals surface area contributed by atoms with Crippen molar-refractivity contribution in [2.24, 2.45) is 0 Å². The van der Waals surface area contributed by atoms with Crippen molar-refractivity contribution < 1.29 is 4.79 Å². The first kappa shape index (κ1) is 12.2. The van der Waals surface area contributed by atoms with E-state index in [9.17, 15) is 4.79 Å². The van der Waals surface area contributed by atoms with Crippen LogP contribution in [-0.2, 0) is 4.79 Å². The van der Waals surface area contributed by atoms with E-state index in [-0.39, 0.29) is 12.5 Å². The molecular formula is C10H17N5O. The first-order chi connectivity index (χ1) is 7.67. The molecule has 0 saturated heterocycles. The van der Waals surface area contributed by atoms with Crippen LogP contribution < -0.4 is 11.1 Å². The van der Waals surface area contributed by atoms with E-state index in [4.69, 9.17) is 5.73 Å². The third-order valence-corrected chi connectivity index (χ3v) is 2.23. The molecule has 0 aliphatic carbocycles. The standard InChI is InChI=1S/C10H17N5O/c1-3-15(4-2)10(16)6-12-9-5-8(11)13-7-14-9/h5,7H,3-4,6H2,1-2H3,(H3,11,12,13,14). The molecule has 0 fully saturated rings. The van der Waals surface area contributed by atoms with Crippen LogP contribution in [0.5, 0.6) is 0 Å². The fourth-order valence-corrected chi connectivity index (χ4v) is 1.32. The van der Waals surface area contributed by atoms with Crippen molar-refractivity contribution in [2.75, 3.05) is 30.7 Å². The maximum atomic E-state index is 11.7. The summed E-state index contributed by atoms with van der Waals surface area (Å²) in [6.45, 7) is 5.54. The van der Waals surface area contributed by atoms with Gasteiger partial charge in [-0.25, -0.2) is 9.97 Å². The Morgan fingerprint density at radius 1 is 1.44 bits per heavy atom. The molecule has 0 aliphatic heterocycles. The number of likely N-dealkylation sites (N-methyl/N-ethyl adjacent to an activating group) is 1. The molecule has 6 heteroatoms. The van der Waals surface area contributed by atoms with Crippen molar-refractivity contribution in [3.8, 4) is 0 Å². The van der Waals surface area contributed by atoms with Gasteiger partial charge in [-0.05, 0) is 13.8 Å². The summed E-state index contributed by atoms with van der Waals surface area (Å²) < 4.78 is 0. The number of hydrogen-bond acceptors (Lipinski definition) is 5. The Bertz CT molecular complexity index is 351. The smallest absolute Gasteiger partial charge is 0.241 e. The highest BCUT2D eigenvalue weighted by Gasteiger charge is 2.08. The second kappa shape index (κ2) is 5.89. The third-order valence-electron chi connectivity index (χ3n) is 2.23. The molecule has 1 heterocycles. The first-order valence-electron chi connectivity index (χ1n) is 5.26. The highest BCUT2D eigenvalue weighted by molar-refractivity contribution is 5.80. The highest BCUT2D eigenvalue weighted by Crippen LogP contribution is 2.04. The maximum absolute atomic E-state index is 11.7. The molecule has 0 radical (unpaired) electrons. The molecule has 0 spiro atoms. The fourth-order valence-electron chi connectivity index (χ4n) is 1.32. The largest absolute Gasteiger partial charge is 0.384 e. The molecular weight excluding hydrogens is 206 g/mol. The van der Waals surface area contributed by atoms with Gasteiger partial charge in [-0.3, -0.25) is 4.79 Å². The van der Waals surface area contributed by atoms with Gasteiger partial charge in [0.2, 0.25) is 5.91 Å². The lowest BCUT2D eigenvalue weighted by molar-refractivity contribution is -0.128. The third kappa shape index (κ3) is 3.38. The monoisotopic (exact) mass is 223 g/mol. The molecule has 0 unspecified atom stereocenters. The molecule has 6 nitrogen and oxygen atoms in total. The minimum Gasteiger partial charge on any atom is -0.384 e. The zero-order chi connectivity index (χ0) is 12.0. The predicted molar refractivity (Wildman–Crippen MR) is 62.9 cm³/mol. The predicted octanol–water partition coefficient (Wildman–Crippen LogP) is 0.339. The Balaban J connectivity index is 2.48. The van der Waals surface area contributed by atoms with Gasteiger partial charge in [-0.1, -0.05) is 0 Å². The molecule has 0 aromatic carbocycles. The van der Waals surface area contributed by atoms with Crippen LogP contribution >= 0.6 is 0 Å². The van der Waals surface area contributed by atoms with Gasteiger partial charge in [-0.15, -0.1) is 0 Å². The molecule has 16 heavy (non-hydrogen) atoms. The lowest BCUT2D eigenvalue weighted by Crippen LogP contribution is -2.35. The molecule has 1 amide bonds. The fraction of sp³-hybridized carbons (Fsp3) is 0.500. The number of nitrogens with zero attached hydrogens (tertiary/aromatic N) is 3. The van der Waals surface area contributed by atoms with E-state index in [2.05, 4.69) is 15.3 Å². The van der Waals surface area contributed by atoms with Gasteiger partial charge in [-0.2, -0.15) is 0 Å². The van der Waals surface area contributed by atoms with Crippen molar-refractivity contribution in [1.82, 2.24) is 14.9 Å². The summed E-state index contributed by atoms with van der Waals surface area (Å²) in [5, 5.41) is 2.91. The Morgan fingerprint density at radius 3 is 2.69 bits per heavy atom. The molecule has 1 aromatic heterocycles. The van der Waals surface area contributed by atoms with Gasteiger partial charge >= 0.3 is 0 Å². The van der Waals surface area contributed by atoms with Crippen LogP contribution in [0.1, 0.15) is 13.8 Å². The summed E-state index contributed by atoms with van der Waals surface area (Å²) in [5.41, 5.74) is 5.49. The van der Waals surface area contributed by atoms with Crippen LogP contribution in [0.2, 0.25) is 0 Å². The highest BCUT2D eigenvalue weighted by atomic mass is 16.2. The van der Waals surface area contributed by atoms with Gasteiger partial charge in [0, 0.05) is 19.2 Å². The Kier molecular flexibility index (Phi) is 4.50. The number of carbonyl (C=O) groups is 1. The SMILES string of the molecule is CCN(CC)C(=O)CNc1cc(N)ncn1. The maximum Gasteiger partial charge on any atom is 0.241 e. The number of nitrogens with one attached hydrogen (secondary N) is 1.